The molecule has 0 radical (unpaired) electrons. The van der Waals surface area contributed by atoms with Crippen LogP contribution in [0.1, 0.15) is 51.9 Å². The lowest BCUT2D eigenvalue weighted by molar-refractivity contribution is -0.116. The summed E-state index contributed by atoms with van der Waals surface area (Å²) in [5, 5.41) is 0. The quantitative estimate of drug-likeness (QED) is 0.633. The molecule has 3 saturated carbocycles. The van der Waals surface area contributed by atoms with Crippen molar-refractivity contribution in [2.45, 2.75) is 51.9 Å². The van der Waals surface area contributed by atoms with E-state index in [-0.39, 0.29) is 0 Å². The summed E-state index contributed by atoms with van der Waals surface area (Å²) in [7, 11) is 0. The number of Topliss-reactive ketones (excluding diaryl/α,β-unsaturated/α-hetero) is 1. The Hall–Kier alpha value is -1.18. The molecule has 0 N–H and O–H groups in total. The number of allylic oxidation sites excluding steroid dienone is 3. The van der Waals surface area contributed by atoms with Crippen LogP contribution in [0.2, 0.25) is 0 Å². The summed E-state index contributed by atoms with van der Waals surface area (Å²) in [4.78, 5) is 23.9. The smallest absolute Gasteiger partial charge is 0.159 e. The lowest BCUT2D eigenvalue weighted by atomic mass is 9.56. The molecule has 2 nitrogen and oxygen atoms in total. The van der Waals surface area contributed by atoms with E-state index >= 15 is 0 Å². The Kier molecular flexibility index (Phi) is 3.16. The van der Waals surface area contributed by atoms with E-state index in [1.54, 1.807) is 0 Å². The number of carbonyl (C=O) groups is 2. The van der Waals surface area contributed by atoms with E-state index in [1.807, 2.05) is 13.0 Å². The van der Waals surface area contributed by atoms with Crippen LogP contribution in [0, 0.1) is 29.6 Å². The van der Waals surface area contributed by atoms with Gasteiger partial charge >= 0.3 is 0 Å². The molecule has 4 rings (SSSR count). The highest BCUT2D eigenvalue weighted by Gasteiger charge is 2.50. The topological polar surface area (TPSA) is 34.1 Å². The normalized spacial score (nSPS) is 44.1. The van der Waals surface area contributed by atoms with Crippen LogP contribution in [0.5, 0.6) is 0 Å². The highest BCUT2D eigenvalue weighted by Crippen LogP contribution is 2.57. The predicted octanol–water partition coefficient (Wildman–Crippen LogP) is 3.86. The van der Waals surface area contributed by atoms with E-state index in [0.717, 1.165) is 43.1 Å². The largest absolute Gasteiger partial charge is 0.295 e. The summed E-state index contributed by atoms with van der Waals surface area (Å²) in [6, 6.07) is 0. The van der Waals surface area contributed by atoms with Crippen LogP contribution in [-0.2, 0) is 9.59 Å². The van der Waals surface area contributed by atoms with Gasteiger partial charge in [-0.25, -0.2) is 0 Å². The van der Waals surface area contributed by atoms with Gasteiger partial charge in [0.15, 0.2) is 11.6 Å². The zero-order valence-corrected chi connectivity index (χ0v) is 12.8. The van der Waals surface area contributed by atoms with Gasteiger partial charge in [-0.05, 0) is 80.3 Å². The molecule has 3 fully saturated rings. The fraction of sp³-hybridized carbons (Fsp3) is 0.684. The Morgan fingerprint density at radius 1 is 0.952 bits per heavy atom. The minimum Gasteiger partial charge on any atom is -0.295 e. The van der Waals surface area contributed by atoms with Gasteiger partial charge in [-0.3, -0.25) is 9.59 Å². The van der Waals surface area contributed by atoms with Crippen molar-refractivity contribution >= 4 is 11.6 Å². The van der Waals surface area contributed by atoms with Gasteiger partial charge in [-0.1, -0.05) is 11.6 Å². The molecule has 0 bridgehead atoms. The zero-order valence-electron chi connectivity index (χ0n) is 12.8. The molecule has 0 spiro atoms. The van der Waals surface area contributed by atoms with Crippen LogP contribution >= 0.6 is 0 Å². The second-order valence-corrected chi connectivity index (χ2v) is 7.42. The fourth-order valence-corrected chi connectivity index (χ4v) is 5.89. The lowest BCUT2D eigenvalue weighted by Gasteiger charge is -2.48. The van der Waals surface area contributed by atoms with E-state index < -0.39 is 0 Å². The van der Waals surface area contributed by atoms with Crippen LogP contribution in [0.4, 0.5) is 0 Å². The minimum absolute atomic E-state index is 0.334. The van der Waals surface area contributed by atoms with Crippen molar-refractivity contribution in [1.82, 2.24) is 0 Å². The molecule has 0 aromatic carbocycles. The second-order valence-electron chi connectivity index (χ2n) is 7.42. The van der Waals surface area contributed by atoms with Gasteiger partial charge in [0.1, 0.15) is 0 Å². The number of rotatable bonds is 0. The molecule has 0 heterocycles. The first-order chi connectivity index (χ1) is 10.2. The van der Waals surface area contributed by atoms with Crippen molar-refractivity contribution in [2.24, 2.45) is 29.6 Å². The molecule has 4 aliphatic carbocycles. The molecular formula is C19H24O2. The van der Waals surface area contributed by atoms with Crippen LogP contribution in [-0.4, -0.2) is 11.6 Å². The van der Waals surface area contributed by atoms with Gasteiger partial charge < -0.3 is 0 Å². The average Bonchev–Trinajstić information content (AvgIpc) is 2.81. The number of carbonyl (C=O) groups excluding carboxylic acids is 2. The molecule has 5 atom stereocenters. The molecule has 0 aliphatic heterocycles. The minimum atomic E-state index is 0.334. The zero-order chi connectivity index (χ0) is 14.6. The third-order valence-electron chi connectivity index (χ3n) is 6.69. The van der Waals surface area contributed by atoms with Gasteiger partial charge in [0, 0.05) is 12.8 Å². The molecule has 0 aromatic heterocycles. The number of hydrogen-bond donors (Lipinski definition) is 0. The fourth-order valence-electron chi connectivity index (χ4n) is 5.89. The summed E-state index contributed by atoms with van der Waals surface area (Å²) >= 11 is 0. The van der Waals surface area contributed by atoms with Crippen LogP contribution in [0.15, 0.2) is 23.3 Å². The molecule has 5 unspecified atom stereocenters. The van der Waals surface area contributed by atoms with E-state index in [0.29, 0.717) is 29.3 Å². The Labute approximate surface area is 126 Å². The van der Waals surface area contributed by atoms with Crippen molar-refractivity contribution in [2.75, 3.05) is 0 Å². The van der Waals surface area contributed by atoms with Crippen molar-refractivity contribution in [3.63, 3.8) is 0 Å². The first-order valence-corrected chi connectivity index (χ1v) is 8.61. The average molecular weight is 284 g/mol. The van der Waals surface area contributed by atoms with Crippen molar-refractivity contribution in [1.29, 1.82) is 0 Å². The number of ketones is 2. The van der Waals surface area contributed by atoms with Gasteiger partial charge in [0.2, 0.25) is 0 Å². The van der Waals surface area contributed by atoms with Crippen LogP contribution in [0.3, 0.4) is 0 Å². The molecule has 0 amide bonds. The molecular weight excluding hydrogens is 260 g/mol. The molecule has 0 aromatic rings. The van der Waals surface area contributed by atoms with Crippen LogP contribution in [0.25, 0.3) is 0 Å². The number of hydrogen-bond acceptors (Lipinski definition) is 2. The maximum Gasteiger partial charge on any atom is 0.159 e. The maximum absolute atomic E-state index is 12.2. The third-order valence-corrected chi connectivity index (χ3v) is 6.69. The van der Waals surface area contributed by atoms with Gasteiger partial charge in [-0.15, -0.1) is 0 Å². The Morgan fingerprint density at radius 2 is 1.81 bits per heavy atom. The molecule has 2 heteroatoms. The Balaban J connectivity index is 1.62. The summed E-state index contributed by atoms with van der Waals surface area (Å²) < 4.78 is 0. The van der Waals surface area contributed by atoms with Gasteiger partial charge in [0.25, 0.3) is 0 Å². The second kappa shape index (κ2) is 4.93. The highest BCUT2D eigenvalue weighted by molar-refractivity contribution is 5.98. The maximum atomic E-state index is 12.2. The van der Waals surface area contributed by atoms with Crippen LogP contribution < -0.4 is 0 Å². The van der Waals surface area contributed by atoms with Crippen molar-refractivity contribution in [3.05, 3.63) is 23.3 Å². The van der Waals surface area contributed by atoms with E-state index in [2.05, 4.69) is 6.08 Å². The van der Waals surface area contributed by atoms with E-state index in [4.69, 9.17) is 0 Å². The molecule has 4 aliphatic rings. The molecule has 21 heavy (non-hydrogen) atoms. The first kappa shape index (κ1) is 13.5. The van der Waals surface area contributed by atoms with E-state index in [1.165, 1.54) is 24.8 Å². The lowest BCUT2D eigenvalue weighted by Crippen LogP contribution is -2.41. The Morgan fingerprint density at radius 3 is 2.62 bits per heavy atom. The van der Waals surface area contributed by atoms with Crippen molar-refractivity contribution in [3.8, 4) is 0 Å². The molecule has 0 saturated heterocycles. The number of fused-ring (bicyclic) bond motifs is 5. The third kappa shape index (κ3) is 1.98. The predicted molar refractivity (Wildman–Crippen MR) is 81.6 cm³/mol. The first-order valence-electron chi connectivity index (χ1n) is 8.61. The van der Waals surface area contributed by atoms with Gasteiger partial charge in [-0.2, -0.15) is 0 Å². The van der Waals surface area contributed by atoms with E-state index in [9.17, 15) is 9.59 Å². The summed E-state index contributed by atoms with van der Waals surface area (Å²) in [5.74, 6) is 3.99. The summed E-state index contributed by atoms with van der Waals surface area (Å²) in [6.07, 6.45) is 11.4. The Bertz CT molecular complexity index is 554. The summed E-state index contributed by atoms with van der Waals surface area (Å²) in [5.41, 5.74) is 2.56. The summed E-state index contributed by atoms with van der Waals surface area (Å²) in [6.45, 7) is 2.02. The van der Waals surface area contributed by atoms with Crippen molar-refractivity contribution < 1.29 is 9.59 Å². The van der Waals surface area contributed by atoms with Gasteiger partial charge in [0.05, 0.1) is 0 Å². The standard InChI is InChI=1S/C19H24O2/c1-2-13-15-7-8-16-14-6-4-12(20)9-11(14)3-5-17(16)18(15)10-19(13)21/h2,9,14-18H,3-8,10H2,1H3/b13-2+. The highest BCUT2D eigenvalue weighted by atomic mass is 16.1. The monoisotopic (exact) mass is 284 g/mol. The molecule has 112 valence electrons. The SMILES string of the molecule is C/C=C1/C(=O)CC2C1CCC1C3CCC(=O)C=C3CCC12.